The van der Waals surface area contributed by atoms with E-state index in [0.29, 0.717) is 42.4 Å². The Morgan fingerprint density at radius 1 is 1.40 bits per heavy atom. The number of anilines is 2. The number of nitrogens with one attached hydrogen (secondary N) is 1. The molecule has 3 heterocycles. The van der Waals surface area contributed by atoms with Gasteiger partial charge in [0.1, 0.15) is 6.04 Å². The number of carbonyl (C=O) groups excluding carboxylic acids is 1. The number of rotatable bonds is 5. The summed E-state index contributed by atoms with van der Waals surface area (Å²) in [6, 6.07) is 10.7. The Hall–Kier alpha value is -3.77. The first kappa shape index (κ1) is 19.5. The molecule has 9 heteroatoms. The Kier molecular flexibility index (Phi) is 5.41. The van der Waals surface area contributed by atoms with E-state index in [1.54, 1.807) is 59.4 Å². The van der Waals surface area contributed by atoms with Gasteiger partial charge >= 0.3 is 0 Å². The topological polar surface area (TPSA) is 120 Å². The van der Waals surface area contributed by atoms with E-state index in [1.165, 1.54) is 0 Å². The van der Waals surface area contributed by atoms with Crippen LogP contribution in [0, 0.1) is 11.3 Å². The zero-order valence-corrected chi connectivity index (χ0v) is 16.4. The number of aromatic nitrogens is 4. The molecule has 1 aromatic carbocycles. The molecule has 0 saturated carbocycles. The highest BCUT2D eigenvalue weighted by Gasteiger charge is 2.25. The lowest BCUT2D eigenvalue weighted by Gasteiger charge is -2.16. The summed E-state index contributed by atoms with van der Waals surface area (Å²) >= 11 is 0. The molecular formula is C21H21N7O2. The number of β-amino-alcohol motifs (C(OH)–C–C–N with tert-alkyl or cyclic N) is 1. The summed E-state index contributed by atoms with van der Waals surface area (Å²) in [6.07, 6.45) is 5.21. The van der Waals surface area contributed by atoms with Crippen molar-refractivity contribution in [3.05, 3.63) is 54.5 Å². The van der Waals surface area contributed by atoms with Crippen LogP contribution >= 0.6 is 0 Å². The molecule has 0 spiro atoms. The monoisotopic (exact) mass is 403 g/mol. The zero-order valence-electron chi connectivity index (χ0n) is 16.4. The summed E-state index contributed by atoms with van der Waals surface area (Å²) in [5.74, 6) is 0.277. The molecular weight excluding hydrogens is 382 g/mol. The summed E-state index contributed by atoms with van der Waals surface area (Å²) in [7, 11) is 0. The molecule has 9 nitrogen and oxygen atoms in total. The molecule has 2 aromatic heterocycles. The van der Waals surface area contributed by atoms with Gasteiger partial charge in [-0.05, 0) is 37.6 Å². The Balaban J connectivity index is 1.51. The highest BCUT2D eigenvalue weighted by molar-refractivity contribution is 5.95. The highest BCUT2D eigenvalue weighted by atomic mass is 16.3. The molecule has 152 valence electrons. The van der Waals surface area contributed by atoms with Crippen molar-refractivity contribution in [2.24, 2.45) is 0 Å². The largest absolute Gasteiger partial charge is 0.391 e. The number of amides is 1. The summed E-state index contributed by atoms with van der Waals surface area (Å²) in [5.41, 5.74) is 2.67. The number of aliphatic hydroxyl groups is 1. The average molecular weight is 403 g/mol. The van der Waals surface area contributed by atoms with Crippen LogP contribution in [0.25, 0.3) is 11.3 Å². The van der Waals surface area contributed by atoms with Crippen molar-refractivity contribution in [1.29, 1.82) is 5.26 Å². The van der Waals surface area contributed by atoms with Gasteiger partial charge in [-0.3, -0.25) is 9.48 Å². The van der Waals surface area contributed by atoms with Crippen molar-refractivity contribution < 1.29 is 9.90 Å². The third-order valence-corrected chi connectivity index (χ3v) is 4.95. The van der Waals surface area contributed by atoms with Crippen molar-refractivity contribution in [2.45, 2.75) is 25.5 Å². The van der Waals surface area contributed by atoms with Crippen LogP contribution in [-0.2, 0) is 0 Å². The third-order valence-electron chi connectivity index (χ3n) is 4.95. The summed E-state index contributed by atoms with van der Waals surface area (Å²) in [4.78, 5) is 23.1. The quantitative estimate of drug-likeness (QED) is 0.671. The molecule has 4 rings (SSSR count). The van der Waals surface area contributed by atoms with E-state index in [1.807, 2.05) is 6.07 Å². The molecule has 1 aliphatic rings. The van der Waals surface area contributed by atoms with Gasteiger partial charge in [0, 0.05) is 42.3 Å². The molecule has 1 saturated heterocycles. The minimum Gasteiger partial charge on any atom is -0.391 e. The lowest BCUT2D eigenvalue weighted by molar-refractivity contribution is 0.0765. The Bertz CT molecular complexity index is 1100. The van der Waals surface area contributed by atoms with Crippen molar-refractivity contribution in [3.8, 4) is 17.3 Å². The molecule has 1 amide bonds. The van der Waals surface area contributed by atoms with Crippen LogP contribution in [0.2, 0.25) is 0 Å². The number of nitriles is 1. The Labute approximate surface area is 173 Å². The first-order valence-electron chi connectivity index (χ1n) is 9.65. The van der Waals surface area contributed by atoms with Gasteiger partial charge in [0.15, 0.2) is 0 Å². The van der Waals surface area contributed by atoms with Gasteiger partial charge in [0.25, 0.3) is 5.91 Å². The van der Waals surface area contributed by atoms with Gasteiger partial charge in [0.2, 0.25) is 5.95 Å². The second-order valence-electron chi connectivity index (χ2n) is 7.18. The molecule has 0 aliphatic carbocycles. The number of benzene rings is 1. The minimum absolute atomic E-state index is 0.108. The normalized spacial score (nSPS) is 16.8. The van der Waals surface area contributed by atoms with Gasteiger partial charge in [-0.25, -0.2) is 9.97 Å². The number of nitrogens with zero attached hydrogens (tertiary/aromatic N) is 6. The average Bonchev–Trinajstić information content (AvgIpc) is 3.42. The zero-order chi connectivity index (χ0) is 21.1. The standard InChI is InChI=1S/C21H21N7O2/c1-14(10-22)28-12-16(11-24-28)19-5-7-23-21(26-19)25-17-4-2-3-15(9-17)20(30)27-8-6-18(29)13-27/h2-5,7,9,11-12,14,18,29H,6,8,13H2,1H3,(H,23,25,26)/t14?,18-/m1/s1. The molecule has 2 N–H and O–H groups in total. The fraction of sp³-hybridized carbons (Fsp3) is 0.286. The number of aliphatic hydroxyl groups excluding tert-OH is 1. The summed E-state index contributed by atoms with van der Waals surface area (Å²) in [6.45, 7) is 2.68. The first-order chi connectivity index (χ1) is 14.5. The molecule has 30 heavy (non-hydrogen) atoms. The van der Waals surface area contributed by atoms with Crippen LogP contribution in [0.15, 0.2) is 48.9 Å². The van der Waals surface area contributed by atoms with E-state index in [2.05, 4.69) is 26.5 Å². The summed E-state index contributed by atoms with van der Waals surface area (Å²) < 4.78 is 1.58. The number of carbonyl (C=O) groups is 1. The molecule has 2 atom stereocenters. The predicted molar refractivity (Wildman–Crippen MR) is 110 cm³/mol. The molecule has 0 radical (unpaired) electrons. The fourth-order valence-electron chi connectivity index (χ4n) is 3.29. The van der Waals surface area contributed by atoms with Crippen LogP contribution in [0.3, 0.4) is 0 Å². The third kappa shape index (κ3) is 4.14. The maximum absolute atomic E-state index is 12.6. The van der Waals surface area contributed by atoms with Crippen molar-refractivity contribution in [1.82, 2.24) is 24.6 Å². The Morgan fingerprint density at radius 2 is 2.27 bits per heavy atom. The van der Waals surface area contributed by atoms with Crippen molar-refractivity contribution in [2.75, 3.05) is 18.4 Å². The predicted octanol–water partition coefficient (Wildman–Crippen LogP) is 2.38. The van der Waals surface area contributed by atoms with Crippen LogP contribution in [0.4, 0.5) is 11.6 Å². The van der Waals surface area contributed by atoms with Crippen molar-refractivity contribution in [3.63, 3.8) is 0 Å². The maximum atomic E-state index is 12.6. The number of hydrogen-bond acceptors (Lipinski definition) is 7. The lowest BCUT2D eigenvalue weighted by atomic mass is 10.2. The van der Waals surface area contributed by atoms with E-state index in [4.69, 9.17) is 5.26 Å². The van der Waals surface area contributed by atoms with Gasteiger partial charge in [0.05, 0.1) is 24.1 Å². The molecule has 3 aromatic rings. The van der Waals surface area contributed by atoms with Gasteiger partial charge in [-0.2, -0.15) is 10.4 Å². The lowest BCUT2D eigenvalue weighted by Crippen LogP contribution is -2.29. The Morgan fingerprint density at radius 3 is 3.03 bits per heavy atom. The fourth-order valence-corrected chi connectivity index (χ4v) is 3.29. The molecule has 1 fully saturated rings. The van der Waals surface area contributed by atoms with E-state index in [0.717, 1.165) is 5.56 Å². The molecule has 0 bridgehead atoms. The summed E-state index contributed by atoms with van der Waals surface area (Å²) in [5, 5.41) is 26.0. The molecule has 1 unspecified atom stereocenters. The SMILES string of the molecule is CC(C#N)n1cc(-c2ccnc(Nc3cccc(C(=O)N4CC[C@@H](O)C4)c3)n2)cn1. The van der Waals surface area contributed by atoms with Gasteiger partial charge < -0.3 is 15.3 Å². The number of likely N-dealkylation sites (tertiary alicyclic amines) is 1. The van der Waals surface area contributed by atoms with E-state index >= 15 is 0 Å². The maximum Gasteiger partial charge on any atom is 0.254 e. The van der Waals surface area contributed by atoms with Crippen LogP contribution < -0.4 is 5.32 Å². The van der Waals surface area contributed by atoms with Crippen molar-refractivity contribution >= 4 is 17.5 Å². The van der Waals surface area contributed by atoms with E-state index in [9.17, 15) is 9.90 Å². The minimum atomic E-state index is -0.452. The van der Waals surface area contributed by atoms with Gasteiger partial charge in [-0.1, -0.05) is 6.07 Å². The highest BCUT2D eigenvalue weighted by Crippen LogP contribution is 2.22. The smallest absolute Gasteiger partial charge is 0.254 e. The van der Waals surface area contributed by atoms with Crippen LogP contribution in [-0.4, -0.2) is 54.9 Å². The van der Waals surface area contributed by atoms with Crippen LogP contribution in [0.5, 0.6) is 0 Å². The molecule has 1 aliphatic heterocycles. The second-order valence-corrected chi connectivity index (χ2v) is 7.18. The first-order valence-corrected chi connectivity index (χ1v) is 9.65. The van der Waals surface area contributed by atoms with E-state index in [-0.39, 0.29) is 11.9 Å². The number of hydrogen-bond donors (Lipinski definition) is 2. The van der Waals surface area contributed by atoms with Crippen LogP contribution in [0.1, 0.15) is 29.7 Å². The van der Waals surface area contributed by atoms with E-state index < -0.39 is 6.10 Å². The van der Waals surface area contributed by atoms with Gasteiger partial charge in [-0.15, -0.1) is 0 Å². The second kappa shape index (κ2) is 8.31.